The first-order valence-corrected chi connectivity index (χ1v) is 9.68. The molecule has 4 aromatic carbocycles. The van der Waals surface area contributed by atoms with Crippen molar-refractivity contribution in [3.63, 3.8) is 0 Å². The van der Waals surface area contributed by atoms with Crippen molar-refractivity contribution in [2.75, 3.05) is 0 Å². The topological polar surface area (TPSA) is 21.6 Å². The zero-order valence-electron chi connectivity index (χ0n) is 15.9. The molecule has 0 heterocycles. The third-order valence-electron chi connectivity index (χ3n) is 4.78. The minimum Gasteiger partial charge on any atom is -0.488 e. The van der Waals surface area contributed by atoms with E-state index in [-0.39, 0.29) is 12.4 Å². The van der Waals surface area contributed by atoms with Crippen molar-refractivity contribution in [3.05, 3.63) is 106 Å². The summed E-state index contributed by atoms with van der Waals surface area (Å²) in [5, 5.41) is 2.73. The number of aryl methyl sites for hydroxylation is 1. The maximum absolute atomic E-state index is 14.0. The fraction of sp³-hybridized carbons (Fsp3) is 0.0800. The molecule has 0 amide bonds. The maximum Gasteiger partial charge on any atom is 0.129 e. The lowest BCUT2D eigenvalue weighted by atomic mass is 10.0. The van der Waals surface area contributed by atoms with Gasteiger partial charge in [-0.3, -0.25) is 4.99 Å². The second-order valence-corrected chi connectivity index (χ2v) is 7.20. The van der Waals surface area contributed by atoms with Gasteiger partial charge in [0, 0.05) is 22.4 Å². The second kappa shape index (κ2) is 8.46. The quantitative estimate of drug-likeness (QED) is 0.321. The third kappa shape index (κ3) is 4.30. The molecular weight excluding hydrogens is 385 g/mol. The molecule has 0 spiro atoms. The number of halogens is 2. The highest BCUT2D eigenvalue weighted by atomic mass is 35.5. The first-order chi connectivity index (χ1) is 14.1. The number of ether oxygens (including phenoxy) is 1. The van der Waals surface area contributed by atoms with Gasteiger partial charge in [-0.15, -0.1) is 0 Å². The average molecular weight is 404 g/mol. The van der Waals surface area contributed by atoms with Crippen molar-refractivity contribution in [2.24, 2.45) is 4.99 Å². The van der Waals surface area contributed by atoms with Crippen LogP contribution in [-0.2, 0) is 6.61 Å². The Labute approximate surface area is 174 Å². The average Bonchev–Trinajstić information content (AvgIpc) is 2.74. The van der Waals surface area contributed by atoms with E-state index in [4.69, 9.17) is 16.3 Å². The van der Waals surface area contributed by atoms with Crippen LogP contribution in [0.25, 0.3) is 10.8 Å². The summed E-state index contributed by atoms with van der Waals surface area (Å²) in [6, 6.07) is 24.2. The van der Waals surface area contributed by atoms with Crippen LogP contribution in [0, 0.1) is 12.7 Å². The smallest absolute Gasteiger partial charge is 0.129 e. The lowest BCUT2D eigenvalue weighted by Gasteiger charge is -2.12. The number of hydrogen-bond donors (Lipinski definition) is 0. The molecule has 0 atom stereocenters. The minimum absolute atomic E-state index is 0.141. The molecule has 4 heteroatoms. The van der Waals surface area contributed by atoms with Crippen LogP contribution < -0.4 is 4.74 Å². The Bertz CT molecular complexity index is 1200. The van der Waals surface area contributed by atoms with Gasteiger partial charge in [0.1, 0.15) is 18.2 Å². The van der Waals surface area contributed by atoms with Crippen LogP contribution in [0.15, 0.2) is 83.9 Å². The van der Waals surface area contributed by atoms with E-state index in [1.54, 1.807) is 24.4 Å². The van der Waals surface area contributed by atoms with Crippen LogP contribution in [0.1, 0.15) is 16.7 Å². The molecule has 0 unspecified atom stereocenters. The van der Waals surface area contributed by atoms with E-state index in [9.17, 15) is 4.39 Å². The number of benzene rings is 4. The molecule has 0 aromatic heterocycles. The van der Waals surface area contributed by atoms with E-state index in [1.165, 1.54) is 6.07 Å². The Morgan fingerprint density at radius 3 is 2.62 bits per heavy atom. The first kappa shape index (κ1) is 19.2. The number of aliphatic imine (C=N–C) groups is 1. The zero-order valence-corrected chi connectivity index (χ0v) is 16.7. The normalized spacial score (nSPS) is 11.3. The van der Waals surface area contributed by atoms with Crippen molar-refractivity contribution in [1.82, 2.24) is 0 Å². The predicted octanol–water partition coefficient (Wildman–Crippen LogP) is 7.27. The van der Waals surface area contributed by atoms with E-state index in [0.717, 1.165) is 27.6 Å². The van der Waals surface area contributed by atoms with E-state index >= 15 is 0 Å². The summed E-state index contributed by atoms with van der Waals surface area (Å²) in [6.07, 6.45) is 1.79. The highest BCUT2D eigenvalue weighted by molar-refractivity contribution is 6.30. The van der Waals surface area contributed by atoms with Gasteiger partial charge in [-0.25, -0.2) is 4.39 Å². The molecular formula is C25H19ClFNO. The second-order valence-electron chi connectivity index (χ2n) is 6.77. The highest BCUT2D eigenvalue weighted by Crippen LogP contribution is 2.29. The van der Waals surface area contributed by atoms with Gasteiger partial charge >= 0.3 is 0 Å². The van der Waals surface area contributed by atoms with Crippen molar-refractivity contribution in [3.8, 4) is 5.75 Å². The van der Waals surface area contributed by atoms with Gasteiger partial charge in [0.05, 0.1) is 5.69 Å². The van der Waals surface area contributed by atoms with Gasteiger partial charge in [-0.2, -0.15) is 0 Å². The molecule has 4 rings (SSSR count). The van der Waals surface area contributed by atoms with Crippen LogP contribution >= 0.6 is 11.6 Å². The highest BCUT2D eigenvalue weighted by Gasteiger charge is 2.09. The Kier molecular flexibility index (Phi) is 5.59. The molecule has 0 saturated carbocycles. The van der Waals surface area contributed by atoms with Gasteiger partial charge in [-0.1, -0.05) is 66.2 Å². The fourth-order valence-electron chi connectivity index (χ4n) is 3.16. The summed E-state index contributed by atoms with van der Waals surface area (Å²) < 4.78 is 20.0. The molecule has 0 aliphatic heterocycles. The molecule has 0 bridgehead atoms. The fourth-order valence-corrected chi connectivity index (χ4v) is 3.33. The summed E-state index contributed by atoms with van der Waals surface area (Å²) in [5.41, 5.74) is 3.18. The van der Waals surface area contributed by atoms with Crippen LogP contribution in [0.5, 0.6) is 5.75 Å². The van der Waals surface area contributed by atoms with Crippen LogP contribution in [0.2, 0.25) is 5.02 Å². The molecule has 2 nitrogen and oxygen atoms in total. The Balaban J connectivity index is 1.74. The molecule has 0 radical (unpaired) electrons. The van der Waals surface area contributed by atoms with E-state index in [0.29, 0.717) is 16.3 Å². The summed E-state index contributed by atoms with van der Waals surface area (Å²) in [4.78, 5) is 4.66. The largest absolute Gasteiger partial charge is 0.488 e. The zero-order chi connectivity index (χ0) is 20.2. The lowest BCUT2D eigenvalue weighted by molar-refractivity contribution is 0.300. The van der Waals surface area contributed by atoms with Gasteiger partial charge < -0.3 is 4.74 Å². The molecule has 4 aromatic rings. The van der Waals surface area contributed by atoms with Gasteiger partial charge in [-0.05, 0) is 47.5 Å². The number of hydrogen-bond acceptors (Lipinski definition) is 2. The van der Waals surface area contributed by atoms with Crippen molar-refractivity contribution >= 4 is 34.3 Å². The van der Waals surface area contributed by atoms with Gasteiger partial charge in [0.2, 0.25) is 0 Å². The third-order valence-corrected chi connectivity index (χ3v) is 5.01. The van der Waals surface area contributed by atoms with Crippen molar-refractivity contribution < 1.29 is 9.13 Å². The SMILES string of the molecule is Cc1ccc(Cl)cc1N=Cc1c(OCc2ccccc2F)ccc2ccccc12. The van der Waals surface area contributed by atoms with Gasteiger partial charge in [0.15, 0.2) is 0 Å². The Hall–Kier alpha value is -3.17. The number of nitrogens with zero attached hydrogens (tertiary/aromatic N) is 1. The van der Waals surface area contributed by atoms with Crippen LogP contribution in [0.3, 0.4) is 0 Å². The number of fused-ring (bicyclic) bond motifs is 1. The molecule has 0 aliphatic rings. The van der Waals surface area contributed by atoms with E-state index in [2.05, 4.69) is 4.99 Å². The molecule has 0 aliphatic carbocycles. The van der Waals surface area contributed by atoms with Crippen molar-refractivity contribution in [1.29, 1.82) is 0 Å². The summed E-state index contributed by atoms with van der Waals surface area (Å²) >= 11 is 6.12. The molecule has 29 heavy (non-hydrogen) atoms. The minimum atomic E-state index is -0.280. The van der Waals surface area contributed by atoms with E-state index < -0.39 is 0 Å². The van der Waals surface area contributed by atoms with Crippen LogP contribution in [0.4, 0.5) is 10.1 Å². The van der Waals surface area contributed by atoms with E-state index in [1.807, 2.05) is 61.5 Å². The van der Waals surface area contributed by atoms with Crippen molar-refractivity contribution in [2.45, 2.75) is 13.5 Å². The molecule has 0 fully saturated rings. The van der Waals surface area contributed by atoms with Crippen LogP contribution in [-0.4, -0.2) is 6.21 Å². The first-order valence-electron chi connectivity index (χ1n) is 9.30. The Morgan fingerprint density at radius 1 is 0.966 bits per heavy atom. The molecule has 0 N–H and O–H groups in total. The summed E-state index contributed by atoms with van der Waals surface area (Å²) in [6.45, 7) is 2.13. The molecule has 0 saturated heterocycles. The molecule has 144 valence electrons. The van der Waals surface area contributed by atoms with Gasteiger partial charge in [0.25, 0.3) is 0 Å². The monoisotopic (exact) mass is 403 g/mol. The number of rotatable bonds is 5. The predicted molar refractivity (Wildman–Crippen MR) is 118 cm³/mol. The Morgan fingerprint density at radius 2 is 1.76 bits per heavy atom. The summed E-state index contributed by atoms with van der Waals surface area (Å²) in [7, 11) is 0. The standard InChI is InChI=1S/C25H19ClFNO/c1-17-10-12-20(26)14-24(17)28-15-22-21-8-4-2-6-18(21)11-13-25(22)29-16-19-7-3-5-9-23(19)27/h2-15H,16H2,1H3. The summed E-state index contributed by atoms with van der Waals surface area (Å²) in [5.74, 6) is 0.369. The maximum atomic E-state index is 14.0. The lowest BCUT2D eigenvalue weighted by Crippen LogP contribution is -2.01.